The van der Waals surface area contributed by atoms with Crippen molar-refractivity contribution in [2.45, 2.75) is 30.9 Å². The number of hydrogen-bond donors (Lipinski definition) is 2. The summed E-state index contributed by atoms with van der Waals surface area (Å²) < 4.78 is 19.5. The highest BCUT2D eigenvalue weighted by atomic mass is 19.1. The fourth-order valence-corrected chi connectivity index (χ4v) is 3.82. The lowest BCUT2D eigenvalue weighted by Crippen LogP contribution is -2.47. The average molecular weight is 386 g/mol. The number of carbonyl (C=O) groups excluding carboxylic acids is 1. The van der Waals surface area contributed by atoms with Gasteiger partial charge in [0.1, 0.15) is 17.5 Å². The molecule has 0 spiro atoms. The molecule has 0 radical (unpaired) electrons. The Kier molecular flexibility index (Phi) is 6.11. The number of nitrogens with zero attached hydrogens (tertiary/aromatic N) is 3. The lowest BCUT2D eigenvalue weighted by molar-refractivity contribution is -0.129. The highest BCUT2D eigenvalue weighted by molar-refractivity contribution is 5.83. The van der Waals surface area contributed by atoms with Gasteiger partial charge in [-0.1, -0.05) is 24.3 Å². The van der Waals surface area contributed by atoms with Crippen molar-refractivity contribution in [2.24, 2.45) is 27.1 Å². The van der Waals surface area contributed by atoms with Crippen molar-refractivity contribution in [3.05, 3.63) is 58.9 Å². The summed E-state index contributed by atoms with van der Waals surface area (Å²) in [7, 11) is 1.51. The van der Waals surface area contributed by atoms with Gasteiger partial charge in [0, 0.05) is 13.7 Å². The number of primary amides is 1. The molecule has 1 aliphatic heterocycles. The number of halogens is 1. The van der Waals surface area contributed by atoms with Crippen molar-refractivity contribution < 1.29 is 19.0 Å². The van der Waals surface area contributed by atoms with Crippen LogP contribution in [0.25, 0.3) is 0 Å². The number of ether oxygens (including phenoxy) is 1. The van der Waals surface area contributed by atoms with Crippen molar-refractivity contribution in [3.63, 3.8) is 0 Å². The molecule has 3 atom stereocenters. The number of aliphatic hydroxyl groups excluding tert-OH is 1. The quantitative estimate of drug-likeness (QED) is 0.670. The van der Waals surface area contributed by atoms with Gasteiger partial charge in [-0.15, -0.1) is 5.10 Å². The summed E-state index contributed by atoms with van der Waals surface area (Å²) in [5.41, 5.74) is 6.81. The molecule has 0 aromatic heterocycles. The third-order valence-corrected chi connectivity index (χ3v) is 5.15. The summed E-state index contributed by atoms with van der Waals surface area (Å²) in [6, 6.07) is 5.47. The molecule has 0 bridgehead atoms. The number of unbranched alkanes of at least 4 members (excludes halogenated alkanes) is 1. The Morgan fingerprint density at radius 3 is 2.64 bits per heavy atom. The minimum atomic E-state index is -1.16. The molecule has 1 aromatic rings. The second-order valence-electron chi connectivity index (χ2n) is 6.76. The van der Waals surface area contributed by atoms with Gasteiger partial charge in [-0.3, -0.25) is 4.79 Å². The Morgan fingerprint density at radius 2 is 2.07 bits per heavy atom. The normalized spacial score (nSPS) is 26.2. The Balaban J connectivity index is 2.13. The Morgan fingerprint density at radius 1 is 1.32 bits per heavy atom. The maximum absolute atomic E-state index is 13.5. The maximum atomic E-state index is 13.5. The van der Waals surface area contributed by atoms with Crippen LogP contribution in [-0.4, -0.2) is 37.0 Å². The van der Waals surface area contributed by atoms with Crippen LogP contribution < -0.4 is 5.73 Å². The molecular weight excluding hydrogens is 363 g/mol. The number of rotatable bonds is 8. The molecule has 0 saturated carbocycles. The van der Waals surface area contributed by atoms with E-state index in [0.717, 1.165) is 11.1 Å². The first kappa shape index (κ1) is 20.0. The van der Waals surface area contributed by atoms with Gasteiger partial charge in [-0.05, 0) is 53.3 Å². The predicted molar refractivity (Wildman–Crippen MR) is 102 cm³/mol. The summed E-state index contributed by atoms with van der Waals surface area (Å²) in [6.45, 7) is 0.0647. The monoisotopic (exact) mass is 386 g/mol. The van der Waals surface area contributed by atoms with Crippen molar-refractivity contribution in [3.8, 4) is 0 Å². The molecule has 1 heterocycles. The van der Waals surface area contributed by atoms with E-state index < -0.39 is 23.5 Å². The molecule has 3 rings (SSSR count). The summed E-state index contributed by atoms with van der Waals surface area (Å²) in [5.74, 6) is -1.77. The van der Waals surface area contributed by atoms with E-state index in [9.17, 15) is 14.3 Å². The molecule has 7 nitrogen and oxygen atoms in total. The van der Waals surface area contributed by atoms with Crippen LogP contribution in [0.3, 0.4) is 0 Å². The van der Waals surface area contributed by atoms with Gasteiger partial charge in [-0.2, -0.15) is 5.11 Å². The number of carbonyl (C=O) groups is 1. The number of hydrogen-bond acceptors (Lipinski definition) is 6. The first-order valence-corrected chi connectivity index (χ1v) is 9.10. The van der Waals surface area contributed by atoms with Gasteiger partial charge in [0.05, 0.1) is 12.1 Å². The SMILES string of the molecule is COC1(c2ccc(F)cc2)C(CCCCO)=CC(C2C=NN=N2)=CC1C(N)=O. The van der Waals surface area contributed by atoms with Crippen LogP contribution in [-0.2, 0) is 15.1 Å². The number of benzene rings is 1. The van der Waals surface area contributed by atoms with Crippen LogP contribution >= 0.6 is 0 Å². The van der Waals surface area contributed by atoms with E-state index in [-0.39, 0.29) is 12.4 Å². The van der Waals surface area contributed by atoms with Crippen molar-refractivity contribution in [1.82, 2.24) is 0 Å². The summed E-state index contributed by atoms with van der Waals surface area (Å²) in [6.07, 6.45) is 7.09. The highest BCUT2D eigenvalue weighted by Crippen LogP contribution is 2.47. The molecule has 3 N–H and O–H groups in total. The van der Waals surface area contributed by atoms with E-state index in [0.29, 0.717) is 24.8 Å². The topological polar surface area (TPSA) is 110 Å². The molecule has 0 saturated heterocycles. The van der Waals surface area contributed by atoms with E-state index in [1.165, 1.54) is 19.2 Å². The van der Waals surface area contributed by atoms with E-state index in [1.54, 1.807) is 24.4 Å². The summed E-state index contributed by atoms with van der Waals surface area (Å²) in [4.78, 5) is 12.5. The minimum absolute atomic E-state index is 0.0647. The summed E-state index contributed by atoms with van der Waals surface area (Å²) in [5, 5.41) is 20.6. The molecule has 148 valence electrons. The van der Waals surface area contributed by atoms with Gasteiger partial charge in [0.2, 0.25) is 5.91 Å². The van der Waals surface area contributed by atoms with Crippen molar-refractivity contribution in [2.75, 3.05) is 13.7 Å². The molecule has 0 fully saturated rings. The van der Waals surface area contributed by atoms with E-state index in [1.807, 2.05) is 6.08 Å². The average Bonchev–Trinajstić information content (AvgIpc) is 3.23. The predicted octanol–water partition coefficient (Wildman–Crippen LogP) is 2.62. The van der Waals surface area contributed by atoms with Crippen LogP contribution in [0.1, 0.15) is 24.8 Å². The van der Waals surface area contributed by atoms with Crippen LogP contribution in [0, 0.1) is 11.7 Å². The van der Waals surface area contributed by atoms with E-state index >= 15 is 0 Å². The molecule has 1 amide bonds. The molecule has 1 aromatic carbocycles. The molecule has 8 heteroatoms. The first-order chi connectivity index (χ1) is 13.5. The second-order valence-corrected chi connectivity index (χ2v) is 6.76. The van der Waals surface area contributed by atoms with Crippen LogP contribution in [0.15, 0.2) is 63.0 Å². The number of aliphatic hydroxyl groups is 1. The van der Waals surface area contributed by atoms with Crippen molar-refractivity contribution in [1.29, 1.82) is 0 Å². The van der Waals surface area contributed by atoms with Gasteiger partial charge >= 0.3 is 0 Å². The van der Waals surface area contributed by atoms with Crippen LogP contribution in [0.2, 0.25) is 0 Å². The molecule has 2 aliphatic rings. The molecule has 1 aliphatic carbocycles. The largest absolute Gasteiger partial charge is 0.396 e. The number of nitrogens with two attached hydrogens (primary N) is 1. The smallest absolute Gasteiger partial charge is 0.228 e. The fourth-order valence-electron chi connectivity index (χ4n) is 3.82. The zero-order chi connectivity index (χ0) is 20.1. The van der Waals surface area contributed by atoms with Gasteiger partial charge in [0.25, 0.3) is 0 Å². The van der Waals surface area contributed by atoms with E-state index in [2.05, 4.69) is 15.4 Å². The third kappa shape index (κ3) is 3.65. The Labute approximate surface area is 162 Å². The summed E-state index contributed by atoms with van der Waals surface area (Å²) >= 11 is 0. The third-order valence-electron chi connectivity index (χ3n) is 5.15. The van der Waals surface area contributed by atoms with Crippen molar-refractivity contribution >= 4 is 12.1 Å². The molecule has 3 unspecified atom stereocenters. The molecule has 28 heavy (non-hydrogen) atoms. The maximum Gasteiger partial charge on any atom is 0.228 e. The Bertz CT molecular complexity index is 836. The second kappa shape index (κ2) is 8.53. The zero-order valence-electron chi connectivity index (χ0n) is 15.6. The lowest BCUT2D eigenvalue weighted by atomic mass is 9.69. The number of methoxy groups -OCH3 is 1. The minimum Gasteiger partial charge on any atom is -0.396 e. The Hall–Kier alpha value is -2.71. The van der Waals surface area contributed by atoms with Crippen LogP contribution in [0.4, 0.5) is 4.39 Å². The van der Waals surface area contributed by atoms with Crippen LogP contribution in [0.5, 0.6) is 0 Å². The standard InChI is InChI=1S/C20H23FN4O3/c1-28-20(14-5-7-16(21)8-6-14)15(4-2-3-9-26)10-13(11-17(20)19(22)27)18-12-23-25-24-18/h5-8,10-12,17-18,26H,2-4,9H2,1H3,(H2,22,27). The molecular formula is C20H23FN4O3. The fraction of sp³-hybridized carbons (Fsp3) is 0.400. The number of amides is 1. The van der Waals surface area contributed by atoms with Gasteiger partial charge in [-0.25, -0.2) is 4.39 Å². The van der Waals surface area contributed by atoms with E-state index in [4.69, 9.17) is 10.5 Å². The lowest BCUT2D eigenvalue weighted by Gasteiger charge is -2.42. The van der Waals surface area contributed by atoms with Gasteiger partial charge in [0.15, 0.2) is 0 Å². The van der Waals surface area contributed by atoms with Gasteiger partial charge < -0.3 is 15.6 Å². The highest BCUT2D eigenvalue weighted by Gasteiger charge is 2.48. The first-order valence-electron chi connectivity index (χ1n) is 9.10. The zero-order valence-corrected chi connectivity index (χ0v) is 15.6.